The van der Waals surface area contributed by atoms with Crippen LogP contribution in [0.15, 0.2) is 78.9 Å². The Morgan fingerprint density at radius 1 is 0.966 bits per heavy atom. The number of benzene rings is 3. The Bertz CT molecular complexity index is 1060. The van der Waals surface area contributed by atoms with Gasteiger partial charge in [-0.05, 0) is 65.9 Å². The van der Waals surface area contributed by atoms with Crippen LogP contribution in [0.5, 0.6) is 23.0 Å². The predicted molar refractivity (Wildman–Crippen MR) is 114 cm³/mol. The first-order valence-electron chi connectivity index (χ1n) is 9.90. The second kappa shape index (κ2) is 7.21. The number of para-hydroxylation sites is 1. The van der Waals surface area contributed by atoms with Crippen LogP contribution in [0.4, 0.5) is 5.69 Å². The summed E-state index contributed by atoms with van der Waals surface area (Å²) in [4.78, 5) is 0. The quantitative estimate of drug-likeness (QED) is 0.539. The van der Waals surface area contributed by atoms with Crippen LogP contribution < -0.4 is 14.8 Å². The van der Waals surface area contributed by atoms with Crippen molar-refractivity contribution in [3.8, 4) is 23.0 Å². The SMILES string of the molecule is COc1ccc(C2Nc3ccc(Oc4ccccc4)cc3C3C=CCC32)cc1O. The van der Waals surface area contributed by atoms with Crippen molar-refractivity contribution >= 4 is 5.69 Å². The Labute approximate surface area is 170 Å². The molecular formula is C25H23NO3. The lowest BCUT2D eigenvalue weighted by Crippen LogP contribution is -2.29. The van der Waals surface area contributed by atoms with Crippen molar-refractivity contribution in [2.24, 2.45) is 5.92 Å². The number of nitrogens with one attached hydrogen (secondary N) is 1. The number of allylic oxidation sites excluding steroid dienone is 2. The fourth-order valence-corrected chi connectivity index (χ4v) is 4.49. The highest BCUT2D eigenvalue weighted by Gasteiger charge is 2.38. The van der Waals surface area contributed by atoms with Crippen LogP contribution in [0.25, 0.3) is 0 Å². The number of ether oxygens (including phenoxy) is 2. The summed E-state index contributed by atoms with van der Waals surface area (Å²) in [5, 5.41) is 13.9. The van der Waals surface area contributed by atoms with Crippen LogP contribution >= 0.6 is 0 Å². The number of hydrogen-bond donors (Lipinski definition) is 2. The van der Waals surface area contributed by atoms with Crippen LogP contribution in [0.3, 0.4) is 0 Å². The molecule has 3 aromatic rings. The van der Waals surface area contributed by atoms with Crippen molar-refractivity contribution in [2.45, 2.75) is 18.4 Å². The zero-order valence-corrected chi connectivity index (χ0v) is 16.2. The summed E-state index contributed by atoms with van der Waals surface area (Å²) in [7, 11) is 1.57. The maximum Gasteiger partial charge on any atom is 0.160 e. The van der Waals surface area contributed by atoms with Crippen LogP contribution in [-0.2, 0) is 0 Å². The molecule has 0 fully saturated rings. The van der Waals surface area contributed by atoms with E-state index in [1.165, 1.54) is 5.56 Å². The molecule has 1 aliphatic heterocycles. The zero-order chi connectivity index (χ0) is 19.8. The fourth-order valence-electron chi connectivity index (χ4n) is 4.49. The first-order chi connectivity index (χ1) is 14.2. The van der Waals surface area contributed by atoms with Crippen molar-refractivity contribution in [3.63, 3.8) is 0 Å². The number of aromatic hydroxyl groups is 1. The van der Waals surface area contributed by atoms with Crippen LogP contribution in [-0.4, -0.2) is 12.2 Å². The lowest BCUT2D eigenvalue weighted by molar-refractivity contribution is 0.370. The van der Waals surface area contributed by atoms with Crippen LogP contribution in [0, 0.1) is 5.92 Å². The molecular weight excluding hydrogens is 362 g/mol. The topological polar surface area (TPSA) is 50.7 Å². The van der Waals surface area contributed by atoms with E-state index in [1.54, 1.807) is 7.11 Å². The van der Waals surface area contributed by atoms with E-state index < -0.39 is 0 Å². The largest absolute Gasteiger partial charge is 0.504 e. The van der Waals surface area contributed by atoms with Gasteiger partial charge in [0.1, 0.15) is 11.5 Å². The van der Waals surface area contributed by atoms with Crippen molar-refractivity contribution < 1.29 is 14.6 Å². The molecule has 146 valence electrons. The molecule has 2 N–H and O–H groups in total. The molecule has 4 heteroatoms. The second-order valence-electron chi connectivity index (χ2n) is 7.57. The van der Waals surface area contributed by atoms with E-state index in [-0.39, 0.29) is 11.8 Å². The van der Waals surface area contributed by atoms with E-state index in [2.05, 4.69) is 29.6 Å². The van der Waals surface area contributed by atoms with Gasteiger partial charge in [-0.3, -0.25) is 0 Å². The number of fused-ring (bicyclic) bond motifs is 3. The average Bonchev–Trinajstić information content (AvgIpc) is 3.24. The van der Waals surface area contributed by atoms with E-state index in [1.807, 2.05) is 54.6 Å². The van der Waals surface area contributed by atoms with Gasteiger partial charge in [0.05, 0.1) is 13.2 Å². The lowest BCUT2D eigenvalue weighted by Gasteiger charge is -2.37. The monoisotopic (exact) mass is 385 g/mol. The van der Waals surface area contributed by atoms with Gasteiger partial charge in [-0.25, -0.2) is 0 Å². The Morgan fingerprint density at radius 3 is 2.62 bits per heavy atom. The number of phenols is 1. The smallest absolute Gasteiger partial charge is 0.160 e. The number of phenolic OH excluding ortho intramolecular Hbond substituents is 1. The molecule has 0 saturated heterocycles. The Hall–Kier alpha value is -3.40. The highest BCUT2D eigenvalue weighted by Crippen LogP contribution is 2.51. The van der Waals surface area contributed by atoms with Gasteiger partial charge < -0.3 is 19.9 Å². The Balaban J connectivity index is 1.47. The summed E-state index contributed by atoms with van der Waals surface area (Å²) >= 11 is 0. The van der Waals surface area contributed by atoms with Crippen molar-refractivity contribution in [3.05, 3.63) is 90.0 Å². The molecule has 3 atom stereocenters. The highest BCUT2D eigenvalue weighted by molar-refractivity contribution is 5.62. The third-order valence-corrected chi connectivity index (χ3v) is 5.88. The summed E-state index contributed by atoms with van der Waals surface area (Å²) in [6.07, 6.45) is 5.55. The van der Waals surface area contributed by atoms with Gasteiger partial charge >= 0.3 is 0 Å². The van der Waals surface area contributed by atoms with Gasteiger partial charge in [0.15, 0.2) is 11.5 Å². The molecule has 0 bridgehead atoms. The average molecular weight is 385 g/mol. The zero-order valence-electron chi connectivity index (χ0n) is 16.2. The molecule has 0 radical (unpaired) electrons. The highest BCUT2D eigenvalue weighted by atomic mass is 16.5. The maximum atomic E-state index is 10.2. The fraction of sp³-hybridized carbons (Fsp3) is 0.200. The van der Waals surface area contributed by atoms with Gasteiger partial charge in [-0.1, -0.05) is 36.4 Å². The van der Waals surface area contributed by atoms with Crippen LogP contribution in [0.1, 0.15) is 29.5 Å². The number of hydrogen-bond acceptors (Lipinski definition) is 4. The van der Waals surface area contributed by atoms with Gasteiger partial charge in [0.25, 0.3) is 0 Å². The predicted octanol–water partition coefficient (Wildman–Crippen LogP) is 6.02. The second-order valence-corrected chi connectivity index (χ2v) is 7.57. The molecule has 2 aliphatic rings. The first kappa shape index (κ1) is 17.7. The molecule has 0 aromatic heterocycles. The summed E-state index contributed by atoms with van der Waals surface area (Å²) < 4.78 is 11.2. The Morgan fingerprint density at radius 2 is 1.83 bits per heavy atom. The van der Waals surface area contributed by atoms with E-state index in [4.69, 9.17) is 9.47 Å². The van der Waals surface area contributed by atoms with E-state index in [0.717, 1.165) is 29.2 Å². The molecule has 29 heavy (non-hydrogen) atoms. The summed E-state index contributed by atoms with van der Waals surface area (Å²) in [6, 6.07) is 21.9. The molecule has 0 spiro atoms. The van der Waals surface area contributed by atoms with Gasteiger partial charge in [0, 0.05) is 11.6 Å². The van der Waals surface area contributed by atoms with Crippen molar-refractivity contribution in [1.82, 2.24) is 0 Å². The van der Waals surface area contributed by atoms with Gasteiger partial charge in [0.2, 0.25) is 0 Å². The summed E-state index contributed by atoms with van der Waals surface area (Å²) in [5.41, 5.74) is 3.43. The molecule has 3 unspecified atom stereocenters. The van der Waals surface area contributed by atoms with E-state index in [9.17, 15) is 5.11 Å². The molecule has 1 aliphatic carbocycles. The van der Waals surface area contributed by atoms with Crippen LogP contribution in [0.2, 0.25) is 0 Å². The third-order valence-electron chi connectivity index (χ3n) is 5.88. The minimum atomic E-state index is 0.125. The molecule has 1 heterocycles. The molecule has 3 aromatic carbocycles. The normalized spacial score (nSPS) is 21.8. The molecule has 4 nitrogen and oxygen atoms in total. The van der Waals surface area contributed by atoms with Gasteiger partial charge in [-0.15, -0.1) is 0 Å². The molecule has 5 rings (SSSR count). The van der Waals surface area contributed by atoms with Gasteiger partial charge in [-0.2, -0.15) is 0 Å². The number of rotatable bonds is 4. The third kappa shape index (κ3) is 3.21. The lowest BCUT2D eigenvalue weighted by atomic mass is 9.77. The van der Waals surface area contributed by atoms with Crippen molar-refractivity contribution in [1.29, 1.82) is 0 Å². The standard InChI is InChI=1S/C25H23NO3/c1-28-24-13-10-16(14-23(24)27)25-20-9-5-8-19(20)21-15-18(11-12-22(21)26-25)29-17-6-3-2-4-7-17/h2-8,10-15,19-20,25-27H,9H2,1H3. The minimum absolute atomic E-state index is 0.125. The first-order valence-corrected chi connectivity index (χ1v) is 9.90. The summed E-state index contributed by atoms with van der Waals surface area (Å²) in [5.74, 6) is 3.06. The number of methoxy groups -OCH3 is 1. The van der Waals surface area contributed by atoms with E-state index in [0.29, 0.717) is 17.6 Å². The minimum Gasteiger partial charge on any atom is -0.504 e. The molecule has 0 amide bonds. The maximum absolute atomic E-state index is 10.2. The molecule has 0 saturated carbocycles. The number of anilines is 1. The van der Waals surface area contributed by atoms with E-state index >= 15 is 0 Å². The summed E-state index contributed by atoms with van der Waals surface area (Å²) in [6.45, 7) is 0. The van der Waals surface area contributed by atoms with Crippen molar-refractivity contribution in [2.75, 3.05) is 12.4 Å². The Kier molecular flexibility index (Phi) is 4.39.